The van der Waals surface area contributed by atoms with Gasteiger partial charge < -0.3 is 40.7 Å². The van der Waals surface area contributed by atoms with Crippen LogP contribution in [-0.4, -0.2) is 42.5 Å². The van der Waals surface area contributed by atoms with Crippen molar-refractivity contribution in [1.29, 1.82) is 0 Å². The van der Waals surface area contributed by atoms with E-state index in [9.17, 15) is 9.59 Å². The molecular weight excluding hydrogens is 633 g/mol. The molecule has 274 valence electrons. The maximum atomic E-state index is 13.1. The number of rotatable bonds is 11. The molecule has 52 heavy (non-hydrogen) atoms. The Morgan fingerprint density at radius 3 is 1.79 bits per heavy atom. The van der Waals surface area contributed by atoms with Gasteiger partial charge in [-0.25, -0.2) is 0 Å². The van der Waals surface area contributed by atoms with Crippen LogP contribution in [0.25, 0.3) is 11.1 Å². The van der Waals surface area contributed by atoms with Crippen LogP contribution in [0.4, 0.5) is 11.4 Å². The van der Waals surface area contributed by atoms with Gasteiger partial charge in [0.2, 0.25) is 0 Å². The molecule has 6 heteroatoms. The van der Waals surface area contributed by atoms with Crippen molar-refractivity contribution >= 4 is 23.2 Å². The van der Waals surface area contributed by atoms with Gasteiger partial charge in [-0.15, -0.1) is 6.07 Å². The molecule has 2 N–H and O–H groups in total. The molecule has 1 aliphatic rings. The largest absolute Gasteiger partial charge is 1.00 e. The number of para-hydroxylation sites is 2. The molecule has 0 aliphatic carbocycles. The molecule has 0 radical (unpaired) electrons. The molecule has 5 nitrogen and oxygen atoms in total. The number of quaternary nitrogens is 1. The second-order valence-corrected chi connectivity index (χ2v) is 13.6. The molecule has 0 spiro atoms. The van der Waals surface area contributed by atoms with Crippen LogP contribution in [0.15, 0.2) is 84.9 Å². The third kappa shape index (κ3) is 13.0. The third-order valence-corrected chi connectivity index (χ3v) is 9.96. The van der Waals surface area contributed by atoms with Crippen molar-refractivity contribution in [1.82, 2.24) is 0 Å². The Morgan fingerprint density at radius 2 is 1.27 bits per heavy atom. The SMILES string of the molecule is [CH2-]C.[CH2-]C(=O)Nc1c(C)cccc1C.[CH2-]CCC[CH-]c1cccc(-c2cccc(C3CC[N+](CC)(CC(=O)Nc4c(C)cccc4C)CC3)c2)c1.[Li+]. The molecule has 0 saturated carbocycles. The van der Waals surface area contributed by atoms with Crippen LogP contribution in [0.1, 0.15) is 85.3 Å². The van der Waals surface area contributed by atoms with E-state index in [4.69, 9.17) is 0 Å². The number of hydrogen-bond donors (Lipinski definition) is 2. The normalized spacial score (nSPS) is 16.1. The van der Waals surface area contributed by atoms with E-state index in [1.165, 1.54) is 22.3 Å². The van der Waals surface area contributed by atoms with E-state index in [1.54, 1.807) is 6.92 Å². The molecule has 1 heterocycles. The second-order valence-electron chi connectivity index (χ2n) is 13.6. The van der Waals surface area contributed by atoms with E-state index in [0.717, 1.165) is 89.8 Å². The zero-order valence-electron chi connectivity index (χ0n) is 33.0. The number of hydrogen-bond acceptors (Lipinski definition) is 2. The van der Waals surface area contributed by atoms with E-state index in [-0.39, 0.29) is 30.7 Å². The Hall–Kier alpha value is -3.88. The van der Waals surface area contributed by atoms with Crippen LogP contribution in [-0.2, 0) is 9.59 Å². The number of likely N-dealkylation sites (tertiary alicyclic amines) is 1. The summed E-state index contributed by atoms with van der Waals surface area (Å²) in [6, 6.07) is 30.0. The minimum atomic E-state index is -0.271. The van der Waals surface area contributed by atoms with Crippen LogP contribution >= 0.6 is 0 Å². The maximum Gasteiger partial charge on any atom is 1.00 e. The quantitative estimate of drug-likeness (QED) is 0.0730. The predicted molar refractivity (Wildman–Crippen MR) is 217 cm³/mol. The Morgan fingerprint density at radius 1 is 0.769 bits per heavy atom. The summed E-state index contributed by atoms with van der Waals surface area (Å²) in [5.74, 6) is 0.408. The van der Waals surface area contributed by atoms with E-state index in [0.29, 0.717) is 12.5 Å². The van der Waals surface area contributed by atoms with Gasteiger partial charge in [-0.05, 0) is 73.9 Å². The first kappa shape index (κ1) is 44.3. The van der Waals surface area contributed by atoms with Crippen molar-refractivity contribution < 1.29 is 32.9 Å². The van der Waals surface area contributed by atoms with Crippen LogP contribution in [0.5, 0.6) is 0 Å². The number of benzene rings is 4. The first-order chi connectivity index (χ1) is 24.5. The zero-order chi connectivity index (χ0) is 37.4. The Balaban J connectivity index is 0.000000528. The summed E-state index contributed by atoms with van der Waals surface area (Å²) < 4.78 is 0.873. The van der Waals surface area contributed by atoms with Gasteiger partial charge in [0.1, 0.15) is 0 Å². The summed E-state index contributed by atoms with van der Waals surface area (Å²) in [4.78, 5) is 23.8. The minimum absolute atomic E-state index is 0. The molecule has 0 aromatic heterocycles. The monoisotopic (exact) mass is 693 g/mol. The smallest absolute Gasteiger partial charge is 0.351 e. The van der Waals surface area contributed by atoms with Crippen molar-refractivity contribution in [2.75, 3.05) is 36.8 Å². The molecule has 1 fully saturated rings. The molecule has 0 bridgehead atoms. The van der Waals surface area contributed by atoms with Crippen molar-refractivity contribution in [3.8, 4) is 11.1 Å². The molecular formula is C46H60LiN3O2-2. The Kier molecular flexibility index (Phi) is 18.9. The molecule has 4 aromatic carbocycles. The fraction of sp³-hybridized carbons (Fsp3) is 0.348. The number of nitrogens with one attached hydrogen (secondary N) is 2. The topological polar surface area (TPSA) is 58.2 Å². The number of nitrogens with zero attached hydrogens (tertiary/aromatic N) is 1. The summed E-state index contributed by atoms with van der Waals surface area (Å²) in [6.45, 7) is 26.1. The van der Waals surface area contributed by atoms with E-state index in [1.807, 2.05) is 38.1 Å². The van der Waals surface area contributed by atoms with E-state index < -0.39 is 0 Å². The fourth-order valence-electron chi connectivity index (χ4n) is 6.91. The predicted octanol–water partition coefficient (Wildman–Crippen LogP) is 7.80. The first-order valence-electron chi connectivity index (χ1n) is 18.5. The molecule has 1 aliphatic heterocycles. The standard InChI is InChI=1S/C34H43N2O.C10H12NO.C2H5.Li/c1-5-7-8-14-28-15-10-16-30(23-28)32-18-11-17-31(24-32)29-19-21-36(6-2,22-20-29)25-33(37)35-34-26(3)12-9-13-27(34)4;1-7-5-4-6-8(2)10(7)11-9(3)12;1-2;/h9-18,23-24,29H,1,5-8,19-22,25H2,2-4H3,(H,35,37);4-6H,3H2,1-2H3,(H,11,12);1H2,2H3;/q3*-1;+1. The molecule has 1 saturated heterocycles. The summed E-state index contributed by atoms with van der Waals surface area (Å²) in [5, 5.41) is 5.90. The van der Waals surface area contributed by atoms with Crippen molar-refractivity contribution in [3.05, 3.63) is 146 Å². The summed E-state index contributed by atoms with van der Waals surface area (Å²) >= 11 is 0. The first-order valence-corrected chi connectivity index (χ1v) is 18.5. The zero-order valence-corrected chi connectivity index (χ0v) is 33.0. The number of carbonyl (C=O) groups excluding carboxylic acids is 2. The van der Waals surface area contributed by atoms with Crippen LogP contribution < -0.4 is 29.5 Å². The number of piperidine rings is 1. The average Bonchev–Trinajstić information content (AvgIpc) is 3.13. The van der Waals surface area contributed by atoms with Gasteiger partial charge in [0.15, 0.2) is 6.54 Å². The Labute approximate surface area is 327 Å². The van der Waals surface area contributed by atoms with Crippen molar-refractivity contribution in [3.63, 3.8) is 0 Å². The fourth-order valence-corrected chi connectivity index (χ4v) is 6.91. The van der Waals surface area contributed by atoms with Gasteiger partial charge >= 0.3 is 18.9 Å². The molecule has 4 aromatic rings. The summed E-state index contributed by atoms with van der Waals surface area (Å²) in [6.07, 6.45) is 7.74. The average molecular weight is 694 g/mol. The number of carbonyl (C=O) groups is 2. The van der Waals surface area contributed by atoms with Crippen molar-refractivity contribution in [2.24, 2.45) is 0 Å². The third-order valence-electron chi connectivity index (χ3n) is 9.96. The summed E-state index contributed by atoms with van der Waals surface area (Å²) in [5.41, 5.74) is 11.5. The molecule has 2 amide bonds. The van der Waals surface area contributed by atoms with Crippen LogP contribution in [0.2, 0.25) is 0 Å². The maximum absolute atomic E-state index is 13.1. The molecule has 0 unspecified atom stereocenters. The van der Waals surface area contributed by atoms with Gasteiger partial charge in [0.05, 0.1) is 25.5 Å². The number of anilines is 2. The number of unbranched alkanes of at least 4 members (excludes halogenated alkanes) is 2. The second kappa shape index (κ2) is 22.2. The van der Waals surface area contributed by atoms with Crippen LogP contribution in [0, 0.1) is 54.9 Å². The molecule has 5 rings (SSSR count). The van der Waals surface area contributed by atoms with Crippen LogP contribution in [0.3, 0.4) is 0 Å². The number of likely N-dealkylation sites (N-methyl/N-ethyl adjacent to an activating group) is 1. The van der Waals surface area contributed by atoms with Gasteiger partial charge in [-0.3, -0.25) is 4.79 Å². The van der Waals surface area contributed by atoms with E-state index in [2.05, 4.69) is 119 Å². The van der Waals surface area contributed by atoms with Gasteiger partial charge in [0.25, 0.3) is 5.91 Å². The van der Waals surface area contributed by atoms with Gasteiger partial charge in [0, 0.05) is 24.2 Å². The molecule has 0 atom stereocenters. The van der Waals surface area contributed by atoms with Gasteiger partial charge in [-0.2, -0.15) is 37.5 Å². The van der Waals surface area contributed by atoms with E-state index >= 15 is 0 Å². The summed E-state index contributed by atoms with van der Waals surface area (Å²) in [7, 11) is 0. The Bertz CT molecular complexity index is 1670. The van der Waals surface area contributed by atoms with Gasteiger partial charge in [-0.1, -0.05) is 85.1 Å². The minimum Gasteiger partial charge on any atom is -0.351 e. The number of amides is 2. The van der Waals surface area contributed by atoms with Crippen molar-refractivity contribution in [2.45, 2.75) is 79.6 Å². The number of aryl methyl sites for hydroxylation is 4.